The molecule has 2 saturated carbocycles. The van der Waals surface area contributed by atoms with Crippen LogP contribution in [0.1, 0.15) is 101 Å². The van der Waals surface area contributed by atoms with Crippen molar-refractivity contribution in [3.05, 3.63) is 70.7 Å². The van der Waals surface area contributed by atoms with E-state index in [2.05, 4.69) is 9.97 Å². The fraction of sp³-hybridized carbons (Fsp3) is 0.533. The zero-order valence-corrected chi connectivity index (χ0v) is 26.4. The highest BCUT2D eigenvalue weighted by Gasteiger charge is 2.22. The van der Waals surface area contributed by atoms with Gasteiger partial charge in [0.05, 0.1) is 59.7 Å². The average molecular weight is 626 g/mol. The van der Waals surface area contributed by atoms with Gasteiger partial charge >= 0.3 is 0 Å². The van der Waals surface area contributed by atoms with E-state index in [0.29, 0.717) is 21.9 Å². The lowest BCUT2D eigenvalue weighted by molar-refractivity contribution is 0.126. The minimum atomic E-state index is -0.460. The number of aliphatic hydroxyl groups is 2. The SMILES string of the molecule is O[C@@H](CC1CCCCC1)c1cc(Cl)cc2cncn12.O[C@H](CC1CCCCC1)c1cc(Cl)cc2cncn12.S.S. The molecular formula is C30H42Cl2N4O2S2. The molecule has 40 heavy (non-hydrogen) atoms. The molecule has 10 heteroatoms. The molecule has 2 aliphatic carbocycles. The van der Waals surface area contributed by atoms with Crippen LogP contribution in [-0.2, 0) is 0 Å². The first-order chi connectivity index (χ1) is 18.5. The second kappa shape index (κ2) is 15.7. The number of imidazole rings is 2. The van der Waals surface area contributed by atoms with E-state index in [1.54, 1.807) is 25.0 Å². The molecule has 4 aromatic rings. The van der Waals surface area contributed by atoms with E-state index in [-0.39, 0.29) is 27.0 Å². The molecule has 0 aliphatic heterocycles. The summed E-state index contributed by atoms with van der Waals surface area (Å²) in [5.74, 6) is 1.28. The second-order valence-corrected chi connectivity index (χ2v) is 12.0. The van der Waals surface area contributed by atoms with Crippen LogP contribution in [0.15, 0.2) is 49.3 Å². The Bertz CT molecular complexity index is 1230. The van der Waals surface area contributed by atoms with E-state index in [1.165, 1.54) is 64.2 Å². The third-order valence-electron chi connectivity index (χ3n) is 8.28. The third kappa shape index (κ3) is 8.33. The Hall–Kier alpha value is -1.42. The van der Waals surface area contributed by atoms with E-state index in [9.17, 15) is 10.2 Å². The van der Waals surface area contributed by atoms with Crippen molar-refractivity contribution in [2.45, 2.75) is 89.3 Å². The first-order valence-corrected chi connectivity index (χ1v) is 14.8. The number of hydrogen-bond donors (Lipinski definition) is 2. The molecule has 0 unspecified atom stereocenters. The molecule has 2 atom stereocenters. The topological polar surface area (TPSA) is 75.1 Å². The van der Waals surface area contributed by atoms with Gasteiger partial charge in [-0.25, -0.2) is 9.97 Å². The molecule has 2 aliphatic rings. The number of aromatic nitrogens is 4. The summed E-state index contributed by atoms with van der Waals surface area (Å²) in [7, 11) is 0. The van der Waals surface area contributed by atoms with Gasteiger partial charge in [0.1, 0.15) is 0 Å². The monoisotopic (exact) mass is 624 g/mol. The van der Waals surface area contributed by atoms with Crippen LogP contribution in [0.4, 0.5) is 0 Å². The third-order valence-corrected chi connectivity index (χ3v) is 8.72. The Labute approximate surface area is 261 Å². The van der Waals surface area contributed by atoms with Crippen LogP contribution in [0.3, 0.4) is 0 Å². The average Bonchev–Trinajstić information content (AvgIpc) is 3.58. The van der Waals surface area contributed by atoms with Crippen LogP contribution < -0.4 is 0 Å². The summed E-state index contributed by atoms with van der Waals surface area (Å²) in [5, 5.41) is 22.3. The summed E-state index contributed by atoms with van der Waals surface area (Å²) in [6, 6.07) is 7.43. The minimum absolute atomic E-state index is 0. The zero-order chi connectivity index (χ0) is 26.5. The van der Waals surface area contributed by atoms with Gasteiger partial charge < -0.3 is 19.0 Å². The fourth-order valence-corrected chi connectivity index (χ4v) is 6.72. The van der Waals surface area contributed by atoms with Gasteiger partial charge in [-0.15, -0.1) is 0 Å². The van der Waals surface area contributed by atoms with Gasteiger partial charge in [0.15, 0.2) is 0 Å². The van der Waals surface area contributed by atoms with Crippen molar-refractivity contribution in [3.63, 3.8) is 0 Å². The summed E-state index contributed by atoms with van der Waals surface area (Å²) < 4.78 is 3.86. The van der Waals surface area contributed by atoms with Gasteiger partial charge in [-0.1, -0.05) is 87.4 Å². The number of pyridine rings is 2. The maximum absolute atomic E-state index is 10.5. The summed E-state index contributed by atoms with van der Waals surface area (Å²) in [5.41, 5.74) is 3.58. The number of hydrogen-bond acceptors (Lipinski definition) is 4. The normalized spacial score (nSPS) is 17.9. The molecular weight excluding hydrogens is 583 g/mol. The predicted octanol–water partition coefficient (Wildman–Crippen LogP) is 8.21. The molecule has 0 spiro atoms. The first-order valence-electron chi connectivity index (χ1n) is 14.1. The van der Waals surface area contributed by atoms with E-state index in [0.717, 1.165) is 35.3 Å². The van der Waals surface area contributed by atoms with Crippen molar-refractivity contribution in [3.8, 4) is 0 Å². The molecule has 0 saturated heterocycles. The quantitative estimate of drug-likeness (QED) is 0.227. The highest BCUT2D eigenvalue weighted by molar-refractivity contribution is 7.59. The van der Waals surface area contributed by atoms with E-state index in [4.69, 9.17) is 23.2 Å². The Kier molecular flexibility index (Phi) is 13.0. The lowest BCUT2D eigenvalue weighted by Crippen LogP contribution is -2.13. The van der Waals surface area contributed by atoms with Crippen molar-refractivity contribution in [1.29, 1.82) is 0 Å². The van der Waals surface area contributed by atoms with Crippen molar-refractivity contribution in [1.82, 2.24) is 18.8 Å². The summed E-state index contributed by atoms with van der Waals surface area (Å²) in [4.78, 5) is 8.25. The van der Waals surface area contributed by atoms with Crippen molar-refractivity contribution >= 4 is 61.2 Å². The summed E-state index contributed by atoms with van der Waals surface area (Å²) >= 11 is 12.2. The van der Waals surface area contributed by atoms with Gasteiger partial charge in [-0.2, -0.15) is 27.0 Å². The second-order valence-electron chi connectivity index (χ2n) is 11.1. The standard InChI is InChI=1S/2C15H19ClN2O.2H2S/c2*16-12-7-13-9-17-10-18(13)14(8-12)15(19)6-11-4-2-1-3-5-11;;/h2*7-11,15,19H,1-6H2;2*1H2/t2*15-;;/m10../s1. The molecule has 0 aromatic carbocycles. The predicted molar refractivity (Wildman–Crippen MR) is 173 cm³/mol. The van der Waals surface area contributed by atoms with Crippen LogP contribution in [0.5, 0.6) is 0 Å². The number of rotatable bonds is 6. The van der Waals surface area contributed by atoms with Crippen LogP contribution in [-0.4, -0.2) is 29.0 Å². The molecule has 6 nitrogen and oxygen atoms in total. The molecule has 0 amide bonds. The van der Waals surface area contributed by atoms with Gasteiger partial charge in [0, 0.05) is 10.0 Å². The highest BCUT2D eigenvalue weighted by atomic mass is 35.5. The van der Waals surface area contributed by atoms with Crippen molar-refractivity contribution in [2.24, 2.45) is 11.8 Å². The number of fused-ring (bicyclic) bond motifs is 2. The van der Waals surface area contributed by atoms with Crippen molar-refractivity contribution in [2.75, 3.05) is 0 Å². The molecule has 2 fully saturated rings. The Morgan fingerprint density at radius 2 is 1.02 bits per heavy atom. The maximum atomic E-state index is 10.5. The molecule has 0 radical (unpaired) electrons. The molecule has 220 valence electrons. The minimum Gasteiger partial charge on any atom is -0.387 e. The summed E-state index contributed by atoms with van der Waals surface area (Å²) in [6.45, 7) is 0. The smallest absolute Gasteiger partial charge is 0.0995 e. The van der Waals surface area contributed by atoms with Crippen LogP contribution >= 0.6 is 50.2 Å². The number of halogens is 2. The Morgan fingerprint density at radius 3 is 1.40 bits per heavy atom. The lowest BCUT2D eigenvalue weighted by atomic mass is 9.85. The molecule has 4 heterocycles. The van der Waals surface area contributed by atoms with Crippen LogP contribution in [0.25, 0.3) is 11.0 Å². The van der Waals surface area contributed by atoms with E-state index >= 15 is 0 Å². The largest absolute Gasteiger partial charge is 0.387 e. The Balaban J connectivity index is 0.000000210. The van der Waals surface area contributed by atoms with Crippen LogP contribution in [0.2, 0.25) is 10.0 Å². The van der Waals surface area contributed by atoms with E-state index in [1.807, 2.05) is 33.1 Å². The summed E-state index contributed by atoms with van der Waals surface area (Å²) in [6.07, 6.45) is 20.6. The highest BCUT2D eigenvalue weighted by Crippen LogP contribution is 2.34. The molecule has 6 rings (SSSR count). The molecule has 0 bridgehead atoms. The molecule has 4 aromatic heterocycles. The number of nitrogens with zero attached hydrogens (tertiary/aromatic N) is 4. The fourth-order valence-electron chi connectivity index (χ4n) is 6.28. The maximum Gasteiger partial charge on any atom is 0.0995 e. The van der Waals surface area contributed by atoms with Gasteiger partial charge in [-0.3, -0.25) is 0 Å². The van der Waals surface area contributed by atoms with Crippen molar-refractivity contribution < 1.29 is 10.2 Å². The molecule has 2 N–H and O–H groups in total. The van der Waals surface area contributed by atoms with E-state index < -0.39 is 12.2 Å². The zero-order valence-electron chi connectivity index (χ0n) is 22.9. The van der Waals surface area contributed by atoms with Gasteiger partial charge in [0.25, 0.3) is 0 Å². The Morgan fingerprint density at radius 1 is 0.650 bits per heavy atom. The lowest BCUT2D eigenvalue weighted by Gasteiger charge is -2.24. The van der Waals surface area contributed by atoms with Crippen LogP contribution in [0, 0.1) is 11.8 Å². The van der Waals surface area contributed by atoms with Gasteiger partial charge in [0.2, 0.25) is 0 Å². The number of aliphatic hydroxyl groups excluding tert-OH is 2. The van der Waals surface area contributed by atoms with Gasteiger partial charge in [-0.05, 0) is 48.9 Å². The first kappa shape index (κ1) is 33.1.